The van der Waals surface area contributed by atoms with Gasteiger partial charge < -0.3 is 20.1 Å². The van der Waals surface area contributed by atoms with Crippen LogP contribution in [-0.4, -0.2) is 22.0 Å². The highest BCUT2D eigenvalue weighted by atomic mass is 16.7. The van der Waals surface area contributed by atoms with E-state index in [0.29, 0.717) is 34.5 Å². The molecule has 8 nitrogen and oxygen atoms in total. The number of ether oxygens (including phenoxy) is 2. The van der Waals surface area contributed by atoms with Crippen LogP contribution in [0.25, 0.3) is 0 Å². The number of benzene rings is 2. The van der Waals surface area contributed by atoms with Crippen molar-refractivity contribution in [3.05, 3.63) is 54.2 Å². The van der Waals surface area contributed by atoms with E-state index in [9.17, 15) is 0 Å². The van der Waals surface area contributed by atoms with E-state index in [-0.39, 0.29) is 6.79 Å². The van der Waals surface area contributed by atoms with Crippen molar-refractivity contribution in [2.75, 3.05) is 17.4 Å². The van der Waals surface area contributed by atoms with Crippen LogP contribution in [0.4, 0.5) is 23.1 Å². The number of nitrogens with one attached hydrogen (secondary N) is 2. The third kappa shape index (κ3) is 3.11. The highest BCUT2D eigenvalue weighted by molar-refractivity contribution is 5.65. The summed E-state index contributed by atoms with van der Waals surface area (Å²) in [5, 5.41) is 23.2. The first-order chi connectivity index (χ1) is 12.3. The molecule has 0 spiro atoms. The van der Waals surface area contributed by atoms with E-state index < -0.39 is 0 Å². The van der Waals surface area contributed by atoms with Gasteiger partial charge in [-0.25, -0.2) is 0 Å². The summed E-state index contributed by atoms with van der Waals surface area (Å²) < 4.78 is 10.6. The second-order valence-electron chi connectivity index (χ2n) is 5.14. The predicted molar refractivity (Wildman–Crippen MR) is 90.1 cm³/mol. The van der Waals surface area contributed by atoms with Gasteiger partial charge in [0.2, 0.25) is 12.7 Å². The Labute approximate surface area is 143 Å². The lowest BCUT2D eigenvalue weighted by Crippen LogP contribution is -2.03. The van der Waals surface area contributed by atoms with Crippen molar-refractivity contribution in [1.82, 2.24) is 15.2 Å². The van der Waals surface area contributed by atoms with Gasteiger partial charge in [0.15, 0.2) is 17.3 Å². The van der Waals surface area contributed by atoms with Crippen LogP contribution < -0.4 is 20.1 Å². The van der Waals surface area contributed by atoms with Crippen molar-refractivity contribution in [1.29, 1.82) is 5.26 Å². The zero-order chi connectivity index (χ0) is 17.1. The topological polar surface area (TPSA) is 105 Å². The number of rotatable bonds is 4. The molecular weight excluding hydrogens is 320 g/mol. The van der Waals surface area contributed by atoms with E-state index in [4.69, 9.17) is 14.7 Å². The molecule has 0 fully saturated rings. The second kappa shape index (κ2) is 6.33. The van der Waals surface area contributed by atoms with Crippen molar-refractivity contribution in [3.8, 4) is 17.6 Å². The van der Waals surface area contributed by atoms with Gasteiger partial charge in [0.25, 0.3) is 0 Å². The van der Waals surface area contributed by atoms with E-state index >= 15 is 0 Å². The minimum atomic E-state index is 0.217. The summed E-state index contributed by atoms with van der Waals surface area (Å²) in [6.45, 7) is 0.217. The van der Waals surface area contributed by atoms with Crippen LogP contribution in [0.15, 0.2) is 48.7 Å². The molecule has 8 heteroatoms. The van der Waals surface area contributed by atoms with E-state index in [1.54, 1.807) is 24.3 Å². The number of para-hydroxylation sites is 1. The summed E-state index contributed by atoms with van der Waals surface area (Å²) in [5.41, 5.74) is 1.92. The zero-order valence-corrected chi connectivity index (χ0v) is 12.9. The van der Waals surface area contributed by atoms with E-state index in [0.717, 1.165) is 5.69 Å². The standard InChI is InChI=1S/C17H12N6O2/c18-8-11-3-1-2-4-13(11)21-16-9-19-23-17(22-16)20-12-5-6-14-15(7-12)25-10-24-14/h1-7,9H,10H2,(H2,20,21,22,23). The van der Waals surface area contributed by atoms with Crippen LogP contribution in [0.3, 0.4) is 0 Å². The summed E-state index contributed by atoms with van der Waals surface area (Å²) in [6.07, 6.45) is 1.49. The van der Waals surface area contributed by atoms with Gasteiger partial charge >= 0.3 is 0 Å². The molecule has 1 aliphatic rings. The number of hydrogen-bond acceptors (Lipinski definition) is 8. The molecule has 0 aliphatic carbocycles. The summed E-state index contributed by atoms with van der Waals surface area (Å²) >= 11 is 0. The SMILES string of the molecule is N#Cc1ccccc1Nc1cnnc(Nc2ccc3c(c2)OCO3)n1. The zero-order valence-electron chi connectivity index (χ0n) is 12.9. The monoisotopic (exact) mass is 332 g/mol. The van der Waals surface area contributed by atoms with Crippen LogP contribution in [0.2, 0.25) is 0 Å². The Kier molecular flexibility index (Phi) is 3.73. The number of hydrogen-bond donors (Lipinski definition) is 2. The Bertz CT molecular complexity index is 969. The fourth-order valence-corrected chi connectivity index (χ4v) is 2.35. The highest BCUT2D eigenvalue weighted by Gasteiger charge is 2.13. The molecule has 0 atom stereocenters. The molecule has 0 saturated heterocycles. The number of nitriles is 1. The number of fused-ring (bicyclic) bond motifs is 1. The fraction of sp³-hybridized carbons (Fsp3) is 0.0588. The smallest absolute Gasteiger partial charge is 0.249 e. The summed E-state index contributed by atoms with van der Waals surface area (Å²) in [4.78, 5) is 4.35. The molecule has 2 heterocycles. The molecule has 1 aromatic heterocycles. The van der Waals surface area contributed by atoms with Gasteiger partial charge in [0.1, 0.15) is 6.07 Å². The third-order valence-corrected chi connectivity index (χ3v) is 3.50. The van der Waals surface area contributed by atoms with E-state index in [2.05, 4.69) is 31.9 Å². The van der Waals surface area contributed by atoms with Gasteiger partial charge in [0, 0.05) is 11.8 Å². The molecule has 25 heavy (non-hydrogen) atoms. The second-order valence-corrected chi connectivity index (χ2v) is 5.14. The summed E-state index contributed by atoms with van der Waals surface area (Å²) in [6, 6.07) is 14.7. The maximum absolute atomic E-state index is 9.15. The van der Waals surface area contributed by atoms with Gasteiger partial charge in [-0.15, -0.1) is 5.10 Å². The minimum Gasteiger partial charge on any atom is -0.454 e. The van der Waals surface area contributed by atoms with E-state index in [1.165, 1.54) is 6.20 Å². The summed E-state index contributed by atoms with van der Waals surface area (Å²) in [7, 11) is 0. The molecule has 0 amide bonds. The van der Waals surface area contributed by atoms with Crippen molar-refractivity contribution < 1.29 is 9.47 Å². The molecule has 3 aromatic rings. The lowest BCUT2D eigenvalue weighted by atomic mass is 10.2. The van der Waals surface area contributed by atoms with Crippen LogP contribution in [0.1, 0.15) is 5.56 Å². The first kappa shape index (κ1) is 14.7. The van der Waals surface area contributed by atoms with Gasteiger partial charge in [-0.2, -0.15) is 15.3 Å². The fourth-order valence-electron chi connectivity index (χ4n) is 2.35. The van der Waals surface area contributed by atoms with Crippen LogP contribution in [-0.2, 0) is 0 Å². The molecule has 0 bridgehead atoms. The van der Waals surface area contributed by atoms with Crippen molar-refractivity contribution in [2.24, 2.45) is 0 Å². The van der Waals surface area contributed by atoms with Gasteiger partial charge in [-0.05, 0) is 24.3 Å². The molecule has 4 rings (SSSR count). The highest BCUT2D eigenvalue weighted by Crippen LogP contribution is 2.34. The van der Waals surface area contributed by atoms with Crippen LogP contribution >= 0.6 is 0 Å². The van der Waals surface area contributed by atoms with Crippen LogP contribution in [0, 0.1) is 11.3 Å². The maximum Gasteiger partial charge on any atom is 0.249 e. The minimum absolute atomic E-state index is 0.217. The van der Waals surface area contributed by atoms with Gasteiger partial charge in [-0.1, -0.05) is 12.1 Å². The van der Waals surface area contributed by atoms with Crippen molar-refractivity contribution >= 4 is 23.1 Å². The quantitative estimate of drug-likeness (QED) is 0.751. The van der Waals surface area contributed by atoms with Crippen molar-refractivity contribution in [3.63, 3.8) is 0 Å². The average Bonchev–Trinajstić information content (AvgIpc) is 3.10. The molecule has 122 valence electrons. The Morgan fingerprint density at radius 3 is 2.84 bits per heavy atom. The molecule has 0 unspecified atom stereocenters. The summed E-state index contributed by atoms with van der Waals surface area (Å²) in [5.74, 6) is 2.16. The van der Waals surface area contributed by atoms with Crippen molar-refractivity contribution in [2.45, 2.75) is 0 Å². The third-order valence-electron chi connectivity index (χ3n) is 3.50. The first-order valence-electron chi connectivity index (χ1n) is 7.44. The molecule has 0 saturated carbocycles. The first-order valence-corrected chi connectivity index (χ1v) is 7.44. The number of nitrogens with zero attached hydrogens (tertiary/aromatic N) is 4. The number of aromatic nitrogens is 3. The largest absolute Gasteiger partial charge is 0.454 e. The Morgan fingerprint density at radius 2 is 1.92 bits per heavy atom. The number of anilines is 4. The lowest BCUT2D eigenvalue weighted by molar-refractivity contribution is 0.174. The lowest BCUT2D eigenvalue weighted by Gasteiger charge is -2.09. The normalized spacial score (nSPS) is 11.6. The van der Waals surface area contributed by atoms with Crippen LogP contribution in [0.5, 0.6) is 11.5 Å². The molecule has 2 N–H and O–H groups in total. The average molecular weight is 332 g/mol. The maximum atomic E-state index is 9.15. The Hall–Kier alpha value is -3.86. The Morgan fingerprint density at radius 1 is 1.04 bits per heavy atom. The molecule has 1 aliphatic heterocycles. The molecule has 0 radical (unpaired) electrons. The van der Waals surface area contributed by atoms with E-state index in [1.807, 2.05) is 18.2 Å². The Balaban J connectivity index is 1.54. The predicted octanol–water partition coefficient (Wildman–Crippen LogP) is 2.96. The van der Waals surface area contributed by atoms with Gasteiger partial charge in [0.05, 0.1) is 17.4 Å². The molecule has 2 aromatic carbocycles. The van der Waals surface area contributed by atoms with Gasteiger partial charge in [-0.3, -0.25) is 0 Å². The molecular formula is C17H12N6O2.